The molecular formula is C13H13ClN2O2S. The van der Waals surface area contributed by atoms with Crippen molar-refractivity contribution in [3.63, 3.8) is 0 Å². The van der Waals surface area contributed by atoms with Crippen molar-refractivity contribution < 1.29 is 9.53 Å². The van der Waals surface area contributed by atoms with Crippen molar-refractivity contribution >= 4 is 34.6 Å². The van der Waals surface area contributed by atoms with Crippen LogP contribution in [0.1, 0.15) is 29.0 Å². The van der Waals surface area contributed by atoms with E-state index < -0.39 is 5.97 Å². The van der Waals surface area contributed by atoms with Gasteiger partial charge in [-0.2, -0.15) is 0 Å². The molecule has 0 aliphatic heterocycles. The summed E-state index contributed by atoms with van der Waals surface area (Å²) in [5.74, 6) is -0.421. The quantitative estimate of drug-likeness (QED) is 0.873. The molecule has 0 fully saturated rings. The van der Waals surface area contributed by atoms with Gasteiger partial charge in [-0.15, -0.1) is 11.3 Å². The van der Waals surface area contributed by atoms with Gasteiger partial charge in [-0.25, -0.2) is 9.78 Å². The first-order chi connectivity index (χ1) is 9.11. The molecule has 0 saturated heterocycles. The first-order valence-electron chi connectivity index (χ1n) is 5.64. The number of hydrogen-bond donors (Lipinski definition) is 1. The molecule has 100 valence electrons. The lowest BCUT2D eigenvalue weighted by Crippen LogP contribution is -2.12. The number of esters is 1. The third kappa shape index (κ3) is 3.24. The van der Waals surface area contributed by atoms with Gasteiger partial charge in [0.05, 0.1) is 29.9 Å². The normalized spacial score (nSPS) is 11.9. The molecule has 19 heavy (non-hydrogen) atoms. The Morgan fingerprint density at radius 2 is 2.32 bits per heavy atom. The van der Waals surface area contributed by atoms with E-state index in [9.17, 15) is 4.79 Å². The van der Waals surface area contributed by atoms with E-state index in [0.29, 0.717) is 16.3 Å². The van der Waals surface area contributed by atoms with Gasteiger partial charge in [0.15, 0.2) is 0 Å². The number of ether oxygens (including phenoxy) is 1. The topological polar surface area (TPSA) is 51.2 Å². The highest BCUT2D eigenvalue weighted by atomic mass is 35.5. The van der Waals surface area contributed by atoms with Crippen LogP contribution in [0, 0.1) is 0 Å². The Balaban J connectivity index is 2.27. The Morgan fingerprint density at radius 1 is 1.53 bits per heavy atom. The molecule has 1 unspecified atom stereocenters. The summed E-state index contributed by atoms with van der Waals surface area (Å²) in [7, 11) is 1.34. The van der Waals surface area contributed by atoms with E-state index >= 15 is 0 Å². The SMILES string of the molecule is COC(=O)c1cc(Cl)ccc1NC(C)c1cscn1. The average molecular weight is 297 g/mol. The van der Waals surface area contributed by atoms with Crippen molar-refractivity contribution in [3.05, 3.63) is 45.4 Å². The number of thiazole rings is 1. The predicted molar refractivity (Wildman–Crippen MR) is 76.9 cm³/mol. The fourth-order valence-electron chi connectivity index (χ4n) is 1.66. The lowest BCUT2D eigenvalue weighted by molar-refractivity contribution is 0.0602. The van der Waals surface area contributed by atoms with Gasteiger partial charge in [-0.3, -0.25) is 0 Å². The predicted octanol–water partition coefficient (Wildman–Crippen LogP) is 3.76. The molecule has 1 aromatic heterocycles. The Labute approximate surface area is 120 Å². The van der Waals surface area contributed by atoms with Gasteiger partial charge in [0.1, 0.15) is 0 Å². The number of nitrogens with zero attached hydrogens (tertiary/aromatic N) is 1. The van der Waals surface area contributed by atoms with Crippen LogP contribution in [-0.4, -0.2) is 18.1 Å². The van der Waals surface area contributed by atoms with Gasteiger partial charge >= 0.3 is 5.97 Å². The van der Waals surface area contributed by atoms with Crippen LogP contribution < -0.4 is 5.32 Å². The highest BCUT2D eigenvalue weighted by Crippen LogP contribution is 2.25. The summed E-state index contributed by atoms with van der Waals surface area (Å²) in [6.45, 7) is 1.98. The van der Waals surface area contributed by atoms with Crippen LogP contribution in [0.5, 0.6) is 0 Å². The van der Waals surface area contributed by atoms with Gasteiger partial charge in [0, 0.05) is 16.1 Å². The van der Waals surface area contributed by atoms with Crippen molar-refractivity contribution in [3.8, 4) is 0 Å². The molecule has 0 radical (unpaired) electrons. The number of aromatic nitrogens is 1. The number of carbonyl (C=O) groups excluding carboxylic acids is 1. The van der Waals surface area contributed by atoms with Gasteiger partial charge in [0.25, 0.3) is 0 Å². The van der Waals surface area contributed by atoms with Crippen molar-refractivity contribution in [2.45, 2.75) is 13.0 Å². The van der Waals surface area contributed by atoms with Crippen LogP contribution in [0.4, 0.5) is 5.69 Å². The maximum Gasteiger partial charge on any atom is 0.340 e. The highest BCUT2D eigenvalue weighted by molar-refractivity contribution is 7.07. The molecule has 0 aliphatic carbocycles. The molecule has 0 spiro atoms. The molecule has 1 atom stereocenters. The van der Waals surface area contributed by atoms with Crippen LogP contribution in [-0.2, 0) is 4.74 Å². The summed E-state index contributed by atoms with van der Waals surface area (Å²) in [6.07, 6.45) is 0. The summed E-state index contributed by atoms with van der Waals surface area (Å²) >= 11 is 7.44. The fraction of sp³-hybridized carbons (Fsp3) is 0.231. The van der Waals surface area contributed by atoms with Crippen LogP contribution in [0.15, 0.2) is 29.1 Å². The van der Waals surface area contributed by atoms with Gasteiger partial charge in [-0.05, 0) is 25.1 Å². The second kappa shape index (κ2) is 6.04. The largest absolute Gasteiger partial charge is 0.465 e. The minimum absolute atomic E-state index is 0.00386. The van der Waals surface area contributed by atoms with Crippen molar-refractivity contribution in [1.29, 1.82) is 0 Å². The molecule has 0 amide bonds. The van der Waals surface area contributed by atoms with E-state index in [1.165, 1.54) is 18.4 Å². The van der Waals surface area contributed by atoms with Gasteiger partial charge < -0.3 is 10.1 Å². The number of nitrogens with one attached hydrogen (secondary N) is 1. The minimum atomic E-state index is -0.421. The maximum absolute atomic E-state index is 11.7. The average Bonchev–Trinajstić information content (AvgIpc) is 2.94. The van der Waals surface area contributed by atoms with Crippen molar-refractivity contribution in [1.82, 2.24) is 4.98 Å². The first-order valence-corrected chi connectivity index (χ1v) is 6.96. The smallest absolute Gasteiger partial charge is 0.340 e. The van der Waals surface area contributed by atoms with Crippen LogP contribution in [0.2, 0.25) is 5.02 Å². The van der Waals surface area contributed by atoms with Crippen LogP contribution in [0.3, 0.4) is 0 Å². The third-order valence-electron chi connectivity index (χ3n) is 2.65. The lowest BCUT2D eigenvalue weighted by Gasteiger charge is -2.16. The molecule has 1 aromatic carbocycles. The van der Waals surface area contributed by atoms with Crippen LogP contribution in [0.25, 0.3) is 0 Å². The van der Waals surface area contributed by atoms with Crippen LogP contribution >= 0.6 is 22.9 Å². The van der Waals surface area contributed by atoms with E-state index in [1.54, 1.807) is 23.7 Å². The second-order valence-electron chi connectivity index (χ2n) is 3.96. The van der Waals surface area contributed by atoms with Gasteiger partial charge in [-0.1, -0.05) is 11.6 Å². The number of methoxy groups -OCH3 is 1. The Hall–Kier alpha value is -1.59. The molecule has 2 rings (SSSR count). The number of carbonyl (C=O) groups is 1. The zero-order valence-corrected chi connectivity index (χ0v) is 12.1. The summed E-state index contributed by atoms with van der Waals surface area (Å²) in [6, 6.07) is 5.07. The Morgan fingerprint density at radius 3 is 2.95 bits per heavy atom. The maximum atomic E-state index is 11.7. The molecular weight excluding hydrogens is 284 g/mol. The third-order valence-corrected chi connectivity index (χ3v) is 3.49. The molecule has 0 saturated carbocycles. The van der Waals surface area contributed by atoms with Crippen molar-refractivity contribution in [2.24, 2.45) is 0 Å². The number of rotatable bonds is 4. The fourth-order valence-corrected chi connectivity index (χ4v) is 2.48. The van der Waals surface area contributed by atoms with E-state index in [1.807, 2.05) is 12.3 Å². The summed E-state index contributed by atoms with van der Waals surface area (Å²) in [4.78, 5) is 16.0. The molecule has 2 aromatic rings. The summed E-state index contributed by atoms with van der Waals surface area (Å²) in [5, 5.41) is 5.70. The summed E-state index contributed by atoms with van der Waals surface area (Å²) in [5.41, 5.74) is 3.79. The number of benzene rings is 1. The molecule has 0 bridgehead atoms. The van der Waals surface area contributed by atoms with E-state index in [4.69, 9.17) is 16.3 Å². The lowest BCUT2D eigenvalue weighted by atomic mass is 10.1. The zero-order chi connectivity index (χ0) is 13.8. The molecule has 1 heterocycles. The molecule has 1 N–H and O–H groups in total. The number of anilines is 1. The standard InChI is InChI=1S/C13H13ClN2O2S/c1-8(12-6-19-7-15-12)16-11-4-3-9(14)5-10(11)13(17)18-2/h3-8,16H,1-2H3. The molecule has 6 heteroatoms. The van der Waals surface area contributed by atoms with E-state index in [0.717, 1.165) is 5.69 Å². The number of halogens is 1. The summed E-state index contributed by atoms with van der Waals surface area (Å²) < 4.78 is 4.75. The van der Waals surface area contributed by atoms with Crippen molar-refractivity contribution in [2.75, 3.05) is 12.4 Å². The van der Waals surface area contributed by atoms with E-state index in [2.05, 4.69) is 10.3 Å². The molecule has 0 aliphatic rings. The minimum Gasteiger partial charge on any atom is -0.465 e. The monoisotopic (exact) mass is 296 g/mol. The highest BCUT2D eigenvalue weighted by Gasteiger charge is 2.15. The number of hydrogen-bond acceptors (Lipinski definition) is 5. The second-order valence-corrected chi connectivity index (χ2v) is 5.12. The zero-order valence-electron chi connectivity index (χ0n) is 10.5. The van der Waals surface area contributed by atoms with E-state index in [-0.39, 0.29) is 6.04 Å². The Bertz CT molecular complexity index is 572. The van der Waals surface area contributed by atoms with Gasteiger partial charge in [0.2, 0.25) is 0 Å². The first kappa shape index (κ1) is 13.8. The molecule has 4 nitrogen and oxygen atoms in total. The Kier molecular flexibility index (Phi) is 4.39.